The smallest absolute Gasteiger partial charge is 0.129 e. The van der Waals surface area contributed by atoms with Crippen LogP contribution in [0, 0.1) is 17.4 Å². The molecule has 0 aromatic heterocycles. The van der Waals surface area contributed by atoms with Crippen LogP contribution in [0.1, 0.15) is 19.3 Å². The summed E-state index contributed by atoms with van der Waals surface area (Å²) in [7, 11) is -1.17. The summed E-state index contributed by atoms with van der Waals surface area (Å²) in [6.07, 6.45) is 3.66. The van der Waals surface area contributed by atoms with Crippen LogP contribution in [0.25, 0.3) is 0 Å². The van der Waals surface area contributed by atoms with Crippen molar-refractivity contribution >= 4 is 8.07 Å². The van der Waals surface area contributed by atoms with Gasteiger partial charge in [0.25, 0.3) is 0 Å². The van der Waals surface area contributed by atoms with E-state index in [1.54, 1.807) is 0 Å². The molecular weight excluding hydrogens is 162 g/mol. The highest BCUT2D eigenvalue weighted by Gasteiger charge is 2.22. The van der Waals surface area contributed by atoms with Crippen LogP contribution in [0.5, 0.6) is 0 Å². The van der Waals surface area contributed by atoms with E-state index in [-0.39, 0.29) is 0 Å². The van der Waals surface area contributed by atoms with E-state index in [9.17, 15) is 0 Å². The molecule has 1 fully saturated rings. The zero-order valence-electron chi connectivity index (χ0n) is 8.35. The molecule has 0 aromatic carbocycles. The van der Waals surface area contributed by atoms with E-state index in [0.29, 0.717) is 12.0 Å². The van der Waals surface area contributed by atoms with Crippen molar-refractivity contribution in [1.82, 2.24) is 0 Å². The fraction of sp³-hybridized carbons (Fsp3) is 0.800. The summed E-state index contributed by atoms with van der Waals surface area (Å²) >= 11 is 0. The standard InChI is InChI=1S/C10H19NSi/c1-12(2,3)8-7-9-5-4-6-10(9)11/h9-10H,4-6,11H2,1-3H3. The molecule has 1 aliphatic rings. The topological polar surface area (TPSA) is 26.0 Å². The molecule has 2 heteroatoms. The number of rotatable bonds is 0. The van der Waals surface area contributed by atoms with Gasteiger partial charge in [-0.2, -0.15) is 0 Å². The quantitative estimate of drug-likeness (QED) is 0.449. The molecule has 0 saturated heterocycles. The molecule has 0 bridgehead atoms. The Morgan fingerprint density at radius 2 is 1.92 bits per heavy atom. The van der Waals surface area contributed by atoms with Crippen LogP contribution in [0.2, 0.25) is 19.6 Å². The van der Waals surface area contributed by atoms with Gasteiger partial charge in [0.2, 0.25) is 0 Å². The summed E-state index contributed by atoms with van der Waals surface area (Å²) in [5.41, 5.74) is 9.32. The lowest BCUT2D eigenvalue weighted by atomic mass is 10.1. The summed E-state index contributed by atoms with van der Waals surface area (Å²) in [6, 6.07) is 0.355. The SMILES string of the molecule is C[Si](C)(C)C#CC1CCCC1N. The molecule has 1 aliphatic carbocycles. The molecule has 0 spiro atoms. The largest absolute Gasteiger partial charge is 0.327 e. The Morgan fingerprint density at radius 1 is 1.25 bits per heavy atom. The van der Waals surface area contributed by atoms with Crippen molar-refractivity contribution < 1.29 is 0 Å². The minimum absolute atomic E-state index is 0.355. The minimum Gasteiger partial charge on any atom is -0.327 e. The zero-order chi connectivity index (χ0) is 9.19. The van der Waals surface area contributed by atoms with Crippen molar-refractivity contribution in [1.29, 1.82) is 0 Å². The van der Waals surface area contributed by atoms with E-state index < -0.39 is 8.07 Å². The third-order valence-corrected chi connectivity index (χ3v) is 3.10. The third-order valence-electron chi connectivity index (χ3n) is 2.20. The maximum Gasteiger partial charge on any atom is 0.129 e. The molecule has 2 atom stereocenters. The van der Waals surface area contributed by atoms with E-state index in [0.717, 1.165) is 0 Å². The molecule has 1 nitrogen and oxygen atoms in total. The average molecular weight is 181 g/mol. The number of nitrogens with two attached hydrogens (primary N) is 1. The average Bonchev–Trinajstić information content (AvgIpc) is 2.29. The first kappa shape index (κ1) is 9.82. The lowest BCUT2D eigenvalue weighted by molar-refractivity contribution is 0.600. The molecular formula is C10H19NSi. The summed E-state index contributed by atoms with van der Waals surface area (Å²) in [5, 5.41) is 0. The van der Waals surface area contributed by atoms with Gasteiger partial charge >= 0.3 is 0 Å². The van der Waals surface area contributed by atoms with Gasteiger partial charge in [-0.3, -0.25) is 0 Å². The summed E-state index contributed by atoms with van der Waals surface area (Å²) in [6.45, 7) is 6.83. The van der Waals surface area contributed by atoms with Crippen molar-refractivity contribution in [2.45, 2.75) is 44.9 Å². The predicted molar refractivity (Wildman–Crippen MR) is 56.4 cm³/mol. The molecule has 1 saturated carbocycles. The molecule has 0 radical (unpaired) electrons. The van der Waals surface area contributed by atoms with Crippen LogP contribution in [-0.2, 0) is 0 Å². The van der Waals surface area contributed by atoms with E-state index >= 15 is 0 Å². The fourth-order valence-electron chi connectivity index (χ4n) is 1.48. The second-order valence-electron chi connectivity index (χ2n) is 4.72. The first-order valence-electron chi connectivity index (χ1n) is 4.77. The Morgan fingerprint density at radius 3 is 2.33 bits per heavy atom. The van der Waals surface area contributed by atoms with Gasteiger partial charge < -0.3 is 5.73 Å². The Hall–Kier alpha value is -0.263. The van der Waals surface area contributed by atoms with Crippen molar-refractivity contribution in [2.75, 3.05) is 0 Å². The van der Waals surface area contributed by atoms with Crippen LogP contribution < -0.4 is 5.73 Å². The van der Waals surface area contributed by atoms with Crippen molar-refractivity contribution in [3.63, 3.8) is 0 Å². The highest BCUT2D eigenvalue weighted by molar-refractivity contribution is 6.83. The lowest BCUT2D eigenvalue weighted by Crippen LogP contribution is -2.24. The van der Waals surface area contributed by atoms with E-state index in [4.69, 9.17) is 5.73 Å². The van der Waals surface area contributed by atoms with Gasteiger partial charge in [0.15, 0.2) is 0 Å². The first-order valence-corrected chi connectivity index (χ1v) is 8.27. The van der Waals surface area contributed by atoms with E-state index in [1.165, 1.54) is 19.3 Å². The van der Waals surface area contributed by atoms with Crippen LogP contribution in [0.4, 0.5) is 0 Å². The molecule has 68 valence electrons. The van der Waals surface area contributed by atoms with Gasteiger partial charge in [0.1, 0.15) is 8.07 Å². The molecule has 0 amide bonds. The van der Waals surface area contributed by atoms with Crippen molar-refractivity contribution in [3.8, 4) is 11.5 Å². The summed E-state index contributed by atoms with van der Waals surface area (Å²) in [4.78, 5) is 0. The zero-order valence-corrected chi connectivity index (χ0v) is 9.35. The van der Waals surface area contributed by atoms with Crippen molar-refractivity contribution in [3.05, 3.63) is 0 Å². The Labute approximate surface area is 76.7 Å². The molecule has 0 aromatic rings. The minimum atomic E-state index is -1.17. The Bertz CT molecular complexity index is 206. The second-order valence-corrected chi connectivity index (χ2v) is 9.47. The van der Waals surface area contributed by atoms with E-state index in [1.807, 2.05) is 0 Å². The predicted octanol–water partition coefficient (Wildman–Crippen LogP) is 1.99. The van der Waals surface area contributed by atoms with Gasteiger partial charge in [-0.1, -0.05) is 26.1 Å². The van der Waals surface area contributed by atoms with Crippen LogP contribution in [0.15, 0.2) is 0 Å². The van der Waals surface area contributed by atoms with Crippen LogP contribution >= 0.6 is 0 Å². The summed E-state index contributed by atoms with van der Waals surface area (Å²) < 4.78 is 0. The van der Waals surface area contributed by atoms with Crippen LogP contribution in [0.3, 0.4) is 0 Å². The van der Waals surface area contributed by atoms with Gasteiger partial charge in [0, 0.05) is 12.0 Å². The number of hydrogen-bond acceptors (Lipinski definition) is 1. The number of hydrogen-bond donors (Lipinski definition) is 1. The van der Waals surface area contributed by atoms with Gasteiger partial charge in [-0.15, -0.1) is 11.5 Å². The monoisotopic (exact) mass is 181 g/mol. The third kappa shape index (κ3) is 3.00. The van der Waals surface area contributed by atoms with Gasteiger partial charge in [-0.25, -0.2) is 0 Å². The normalized spacial score (nSPS) is 29.7. The maximum atomic E-state index is 5.92. The highest BCUT2D eigenvalue weighted by Crippen LogP contribution is 2.23. The Balaban J connectivity index is 2.53. The summed E-state index contributed by atoms with van der Waals surface area (Å²) in [5.74, 6) is 3.85. The molecule has 2 N–H and O–H groups in total. The molecule has 1 rings (SSSR count). The highest BCUT2D eigenvalue weighted by atomic mass is 28.3. The Kier molecular flexibility index (Phi) is 2.97. The fourth-order valence-corrected chi connectivity index (χ4v) is 2.10. The van der Waals surface area contributed by atoms with Gasteiger partial charge in [0.05, 0.1) is 0 Å². The van der Waals surface area contributed by atoms with Crippen molar-refractivity contribution in [2.24, 2.45) is 11.7 Å². The molecule has 0 heterocycles. The lowest BCUT2D eigenvalue weighted by Gasteiger charge is -2.09. The maximum absolute atomic E-state index is 5.92. The van der Waals surface area contributed by atoms with E-state index in [2.05, 4.69) is 31.1 Å². The second kappa shape index (κ2) is 3.63. The molecule has 12 heavy (non-hydrogen) atoms. The van der Waals surface area contributed by atoms with Crippen LogP contribution in [-0.4, -0.2) is 14.1 Å². The molecule has 0 aliphatic heterocycles. The molecule has 2 unspecified atom stereocenters. The van der Waals surface area contributed by atoms with Gasteiger partial charge in [-0.05, 0) is 12.8 Å². The first-order chi connectivity index (χ1) is 5.49.